The lowest BCUT2D eigenvalue weighted by molar-refractivity contribution is 0.134. The lowest BCUT2D eigenvalue weighted by Crippen LogP contribution is -2.51. The predicted octanol–water partition coefficient (Wildman–Crippen LogP) is 3.42. The summed E-state index contributed by atoms with van der Waals surface area (Å²) in [6.45, 7) is 5.14. The molecule has 5 nitrogen and oxygen atoms in total. The van der Waals surface area contributed by atoms with Gasteiger partial charge in [-0.2, -0.15) is 0 Å². The SMILES string of the molecule is CN=C(NCc1ccccn1)NC1CCN(Cc2ccccc2)C(C)C1.I. The standard InChI is InChI=1S/C21H29N5.HI/c1-17-14-19(11-13-26(17)16-18-8-4-3-5-9-18)25-21(22-2)24-15-20-10-6-7-12-23-20;/h3-10,12,17,19H,11,13-16H2,1-2H3,(H2,22,24,25);1H. The van der Waals surface area contributed by atoms with Crippen molar-refractivity contribution in [2.24, 2.45) is 4.99 Å². The first-order valence-corrected chi connectivity index (χ1v) is 9.39. The van der Waals surface area contributed by atoms with Gasteiger partial charge in [0.2, 0.25) is 0 Å². The Morgan fingerprint density at radius 2 is 1.96 bits per heavy atom. The molecule has 27 heavy (non-hydrogen) atoms. The van der Waals surface area contributed by atoms with Crippen LogP contribution in [-0.4, -0.2) is 41.5 Å². The van der Waals surface area contributed by atoms with Crippen LogP contribution in [0.2, 0.25) is 0 Å². The van der Waals surface area contributed by atoms with Crippen molar-refractivity contribution in [2.45, 2.75) is 44.9 Å². The molecule has 2 N–H and O–H groups in total. The number of nitrogens with zero attached hydrogens (tertiary/aromatic N) is 3. The van der Waals surface area contributed by atoms with Gasteiger partial charge in [-0.05, 0) is 37.5 Å². The van der Waals surface area contributed by atoms with Gasteiger partial charge in [0.05, 0.1) is 12.2 Å². The molecule has 2 heterocycles. The molecule has 6 heteroatoms. The number of halogens is 1. The number of guanidine groups is 1. The maximum Gasteiger partial charge on any atom is 0.191 e. The number of likely N-dealkylation sites (tertiary alicyclic amines) is 1. The lowest BCUT2D eigenvalue weighted by Gasteiger charge is -2.38. The van der Waals surface area contributed by atoms with Gasteiger partial charge in [0, 0.05) is 38.4 Å². The Hall–Kier alpha value is -1.67. The molecule has 1 aliphatic rings. The lowest BCUT2D eigenvalue weighted by atomic mass is 9.97. The largest absolute Gasteiger partial charge is 0.354 e. The number of aliphatic imine (C=N–C) groups is 1. The quantitative estimate of drug-likeness (QED) is 0.392. The molecule has 2 aromatic rings. The third kappa shape index (κ3) is 6.77. The second kappa shape index (κ2) is 11.2. The van der Waals surface area contributed by atoms with Crippen LogP contribution in [0.15, 0.2) is 59.7 Å². The van der Waals surface area contributed by atoms with Gasteiger partial charge in [-0.3, -0.25) is 14.9 Å². The smallest absolute Gasteiger partial charge is 0.191 e. The van der Waals surface area contributed by atoms with Gasteiger partial charge in [0.25, 0.3) is 0 Å². The van der Waals surface area contributed by atoms with Gasteiger partial charge in [-0.15, -0.1) is 24.0 Å². The topological polar surface area (TPSA) is 52.6 Å². The molecular formula is C21H30IN5. The van der Waals surface area contributed by atoms with E-state index in [2.05, 4.69) is 62.8 Å². The van der Waals surface area contributed by atoms with E-state index in [1.54, 1.807) is 0 Å². The minimum atomic E-state index is 0. The van der Waals surface area contributed by atoms with Crippen LogP contribution >= 0.6 is 24.0 Å². The van der Waals surface area contributed by atoms with Crippen molar-refractivity contribution < 1.29 is 0 Å². The van der Waals surface area contributed by atoms with Gasteiger partial charge < -0.3 is 10.6 Å². The van der Waals surface area contributed by atoms with E-state index in [0.717, 1.165) is 37.6 Å². The highest BCUT2D eigenvalue weighted by atomic mass is 127. The summed E-state index contributed by atoms with van der Waals surface area (Å²) in [5.41, 5.74) is 2.40. The van der Waals surface area contributed by atoms with Crippen molar-refractivity contribution >= 4 is 29.9 Å². The van der Waals surface area contributed by atoms with Crippen LogP contribution in [-0.2, 0) is 13.1 Å². The molecule has 0 radical (unpaired) electrons. The van der Waals surface area contributed by atoms with Gasteiger partial charge in [0.15, 0.2) is 5.96 Å². The van der Waals surface area contributed by atoms with Crippen LogP contribution in [0, 0.1) is 0 Å². The maximum absolute atomic E-state index is 4.36. The van der Waals surface area contributed by atoms with Crippen LogP contribution in [0.4, 0.5) is 0 Å². The number of aromatic nitrogens is 1. The number of hydrogen-bond donors (Lipinski definition) is 2. The fraction of sp³-hybridized carbons (Fsp3) is 0.429. The highest BCUT2D eigenvalue weighted by Gasteiger charge is 2.25. The molecule has 3 rings (SSSR count). The number of benzene rings is 1. The summed E-state index contributed by atoms with van der Waals surface area (Å²) in [4.78, 5) is 11.3. The van der Waals surface area contributed by atoms with Crippen LogP contribution in [0.5, 0.6) is 0 Å². The molecule has 1 aromatic heterocycles. The number of piperidine rings is 1. The zero-order chi connectivity index (χ0) is 18.2. The fourth-order valence-corrected chi connectivity index (χ4v) is 3.47. The summed E-state index contributed by atoms with van der Waals surface area (Å²) < 4.78 is 0. The van der Waals surface area contributed by atoms with Gasteiger partial charge in [0.1, 0.15) is 0 Å². The Morgan fingerprint density at radius 3 is 2.63 bits per heavy atom. The monoisotopic (exact) mass is 479 g/mol. The summed E-state index contributed by atoms with van der Waals surface area (Å²) in [5, 5.41) is 6.94. The molecule has 0 spiro atoms. The Morgan fingerprint density at radius 1 is 1.19 bits per heavy atom. The van der Waals surface area contributed by atoms with Gasteiger partial charge in [-0.25, -0.2) is 0 Å². The Labute approximate surface area is 179 Å². The third-order valence-corrected chi connectivity index (χ3v) is 4.97. The second-order valence-corrected chi connectivity index (χ2v) is 6.92. The van der Waals surface area contributed by atoms with Crippen molar-refractivity contribution in [3.8, 4) is 0 Å². The Balaban J connectivity index is 0.00000261. The maximum atomic E-state index is 4.36. The molecule has 1 fully saturated rings. The Kier molecular flexibility index (Phi) is 9.00. The van der Waals surface area contributed by atoms with Crippen LogP contribution in [0.25, 0.3) is 0 Å². The molecule has 2 unspecified atom stereocenters. The number of rotatable bonds is 5. The minimum absolute atomic E-state index is 0. The van der Waals surface area contributed by atoms with Crippen molar-refractivity contribution in [1.82, 2.24) is 20.5 Å². The van der Waals surface area contributed by atoms with E-state index < -0.39 is 0 Å². The molecule has 146 valence electrons. The molecule has 2 atom stereocenters. The van der Waals surface area contributed by atoms with E-state index in [1.165, 1.54) is 5.56 Å². The zero-order valence-corrected chi connectivity index (χ0v) is 18.5. The molecular weight excluding hydrogens is 449 g/mol. The summed E-state index contributed by atoms with van der Waals surface area (Å²) in [6, 6.07) is 17.7. The van der Waals surface area contributed by atoms with Crippen molar-refractivity contribution in [2.75, 3.05) is 13.6 Å². The molecule has 0 bridgehead atoms. The van der Waals surface area contributed by atoms with E-state index in [4.69, 9.17) is 0 Å². The zero-order valence-electron chi connectivity index (χ0n) is 16.1. The van der Waals surface area contributed by atoms with Crippen molar-refractivity contribution in [1.29, 1.82) is 0 Å². The van der Waals surface area contributed by atoms with E-state index >= 15 is 0 Å². The van der Waals surface area contributed by atoms with E-state index in [0.29, 0.717) is 18.6 Å². The molecule has 1 saturated heterocycles. The summed E-state index contributed by atoms with van der Waals surface area (Å²) in [5.74, 6) is 0.851. The summed E-state index contributed by atoms with van der Waals surface area (Å²) in [7, 11) is 1.82. The number of nitrogens with one attached hydrogen (secondary N) is 2. The minimum Gasteiger partial charge on any atom is -0.354 e. The third-order valence-electron chi connectivity index (χ3n) is 4.97. The fourth-order valence-electron chi connectivity index (χ4n) is 3.47. The van der Waals surface area contributed by atoms with E-state index in [1.807, 2.05) is 31.4 Å². The number of hydrogen-bond acceptors (Lipinski definition) is 3. The van der Waals surface area contributed by atoms with Crippen LogP contribution < -0.4 is 10.6 Å². The molecule has 1 aliphatic heterocycles. The first kappa shape index (κ1) is 21.6. The first-order chi connectivity index (χ1) is 12.7. The average Bonchev–Trinajstić information content (AvgIpc) is 2.69. The highest BCUT2D eigenvalue weighted by Crippen LogP contribution is 2.19. The first-order valence-electron chi connectivity index (χ1n) is 9.39. The highest BCUT2D eigenvalue weighted by molar-refractivity contribution is 14.0. The second-order valence-electron chi connectivity index (χ2n) is 6.92. The van der Waals surface area contributed by atoms with E-state index in [9.17, 15) is 0 Å². The van der Waals surface area contributed by atoms with Crippen LogP contribution in [0.3, 0.4) is 0 Å². The normalized spacial score (nSPS) is 20.6. The van der Waals surface area contributed by atoms with Gasteiger partial charge in [-0.1, -0.05) is 36.4 Å². The van der Waals surface area contributed by atoms with Crippen molar-refractivity contribution in [3.63, 3.8) is 0 Å². The van der Waals surface area contributed by atoms with Crippen molar-refractivity contribution in [3.05, 3.63) is 66.0 Å². The molecule has 1 aromatic carbocycles. The number of pyridine rings is 1. The van der Waals surface area contributed by atoms with Gasteiger partial charge >= 0.3 is 0 Å². The van der Waals surface area contributed by atoms with Crippen LogP contribution in [0.1, 0.15) is 31.0 Å². The average molecular weight is 479 g/mol. The summed E-state index contributed by atoms with van der Waals surface area (Å²) >= 11 is 0. The molecule has 0 saturated carbocycles. The summed E-state index contributed by atoms with van der Waals surface area (Å²) in [6.07, 6.45) is 4.07. The molecule has 0 amide bonds. The predicted molar refractivity (Wildman–Crippen MR) is 122 cm³/mol. The molecule has 0 aliphatic carbocycles. The Bertz CT molecular complexity index is 692. The van der Waals surface area contributed by atoms with E-state index in [-0.39, 0.29) is 24.0 Å².